The fraction of sp³-hybridized carbons (Fsp3) is 0.286. The normalized spacial score (nSPS) is 11.1. The smallest absolute Gasteiger partial charge is 0.262 e. The molecule has 1 aromatic heterocycles. The minimum Gasteiger partial charge on any atom is -0.382 e. The van der Waals surface area contributed by atoms with E-state index in [9.17, 15) is 18.4 Å². The van der Waals surface area contributed by atoms with Gasteiger partial charge in [0.1, 0.15) is 11.6 Å². The first-order valence-electron chi connectivity index (χ1n) is 9.54. The monoisotopic (exact) mass is 467 g/mol. The van der Waals surface area contributed by atoms with Crippen molar-refractivity contribution in [2.24, 2.45) is 0 Å². The molecule has 0 aliphatic rings. The summed E-state index contributed by atoms with van der Waals surface area (Å²) in [5, 5.41) is 3.50. The Balaban J connectivity index is 1.82. The van der Waals surface area contributed by atoms with E-state index in [1.807, 2.05) is 6.92 Å². The van der Waals surface area contributed by atoms with Gasteiger partial charge in [0.15, 0.2) is 5.16 Å². The number of halogens is 3. The molecule has 3 aromatic rings. The Kier molecular flexibility index (Phi) is 8.00. The predicted octanol–water partition coefficient (Wildman–Crippen LogP) is 4.49. The van der Waals surface area contributed by atoms with Crippen molar-refractivity contribution in [1.29, 1.82) is 0 Å². The number of carbonyl (C=O) groups excluding carboxylic acids is 1. The van der Waals surface area contributed by atoms with E-state index >= 15 is 0 Å². The van der Waals surface area contributed by atoms with Gasteiger partial charge < -0.3 is 10.1 Å². The second-order valence-corrected chi connectivity index (χ2v) is 7.90. The lowest BCUT2D eigenvalue weighted by atomic mass is 10.2. The number of benzene rings is 2. The van der Waals surface area contributed by atoms with Gasteiger partial charge in [0.05, 0.1) is 22.3 Å². The minimum absolute atomic E-state index is 0.153. The molecule has 1 heterocycles. The maximum absolute atomic E-state index is 13.8. The molecule has 31 heavy (non-hydrogen) atoms. The Bertz CT molecular complexity index is 1160. The van der Waals surface area contributed by atoms with Gasteiger partial charge in [-0.25, -0.2) is 13.8 Å². The highest BCUT2D eigenvalue weighted by atomic mass is 35.5. The third-order valence-electron chi connectivity index (χ3n) is 4.29. The van der Waals surface area contributed by atoms with Crippen molar-refractivity contribution in [3.8, 4) is 0 Å². The van der Waals surface area contributed by atoms with Crippen molar-refractivity contribution in [3.63, 3.8) is 0 Å². The summed E-state index contributed by atoms with van der Waals surface area (Å²) in [6.07, 6.45) is 0.586. The Labute approximate surface area is 186 Å². The zero-order valence-electron chi connectivity index (χ0n) is 16.7. The summed E-state index contributed by atoms with van der Waals surface area (Å²) in [5.41, 5.74) is -0.0900. The van der Waals surface area contributed by atoms with Crippen LogP contribution in [0.4, 0.5) is 14.5 Å². The van der Waals surface area contributed by atoms with Crippen molar-refractivity contribution in [2.45, 2.75) is 25.0 Å². The molecule has 1 N–H and O–H groups in total. The summed E-state index contributed by atoms with van der Waals surface area (Å²) >= 11 is 7.05. The molecule has 0 aliphatic carbocycles. The molecule has 0 bridgehead atoms. The molecule has 0 radical (unpaired) electrons. The first kappa shape index (κ1) is 23.2. The van der Waals surface area contributed by atoms with E-state index in [1.54, 1.807) is 18.2 Å². The van der Waals surface area contributed by atoms with Gasteiger partial charge in [0.25, 0.3) is 5.56 Å². The first-order chi connectivity index (χ1) is 14.9. The summed E-state index contributed by atoms with van der Waals surface area (Å²) < 4.78 is 33.9. The van der Waals surface area contributed by atoms with Gasteiger partial charge in [-0.1, -0.05) is 23.4 Å². The van der Waals surface area contributed by atoms with Crippen LogP contribution in [-0.2, 0) is 16.1 Å². The lowest BCUT2D eigenvalue weighted by molar-refractivity contribution is -0.113. The molecule has 0 unspecified atom stereocenters. The van der Waals surface area contributed by atoms with E-state index < -0.39 is 17.5 Å². The fourth-order valence-electron chi connectivity index (χ4n) is 2.86. The molecule has 3 rings (SSSR count). The third kappa shape index (κ3) is 6.03. The van der Waals surface area contributed by atoms with Crippen LogP contribution in [0, 0.1) is 11.6 Å². The number of nitrogens with one attached hydrogen (secondary N) is 1. The molecule has 0 spiro atoms. The maximum atomic E-state index is 13.8. The van der Waals surface area contributed by atoms with Crippen LogP contribution < -0.4 is 10.9 Å². The summed E-state index contributed by atoms with van der Waals surface area (Å²) in [4.78, 5) is 29.8. The number of anilines is 1. The zero-order chi connectivity index (χ0) is 22.4. The van der Waals surface area contributed by atoms with Crippen molar-refractivity contribution >= 4 is 45.9 Å². The third-order valence-corrected chi connectivity index (χ3v) is 5.50. The average Bonchev–Trinajstić information content (AvgIpc) is 2.73. The van der Waals surface area contributed by atoms with Crippen LogP contribution in [0.2, 0.25) is 5.02 Å². The topological polar surface area (TPSA) is 73.2 Å². The van der Waals surface area contributed by atoms with Crippen LogP contribution in [0.3, 0.4) is 0 Å². The molecule has 6 nitrogen and oxygen atoms in total. The number of thioether (sulfide) groups is 1. The Hall–Kier alpha value is -2.49. The van der Waals surface area contributed by atoms with Gasteiger partial charge in [-0.05, 0) is 43.7 Å². The van der Waals surface area contributed by atoms with E-state index in [4.69, 9.17) is 16.3 Å². The van der Waals surface area contributed by atoms with Gasteiger partial charge in [-0.2, -0.15) is 0 Å². The standard InChI is InChI=1S/C21H20ClF2N3O3S/c1-2-30-9-3-8-27-20(29)15-6-4-13(22)10-17(15)26-21(27)31-12-19(28)25-18-11-14(23)5-7-16(18)24/h4-7,10-11H,2-3,8-9,12H2,1H3,(H,25,28). The van der Waals surface area contributed by atoms with Crippen molar-refractivity contribution in [2.75, 3.05) is 24.3 Å². The van der Waals surface area contributed by atoms with E-state index in [0.717, 1.165) is 30.0 Å². The van der Waals surface area contributed by atoms with E-state index in [2.05, 4.69) is 10.3 Å². The summed E-state index contributed by atoms with van der Waals surface area (Å²) in [5.74, 6) is -2.12. The molecule has 0 atom stereocenters. The highest BCUT2D eigenvalue weighted by Gasteiger charge is 2.15. The number of ether oxygens (including phenoxy) is 1. The molecular formula is C21H20ClF2N3O3S. The van der Waals surface area contributed by atoms with Crippen LogP contribution in [0.25, 0.3) is 10.9 Å². The summed E-state index contributed by atoms with van der Waals surface area (Å²) in [7, 11) is 0. The Morgan fingerprint density at radius 3 is 2.84 bits per heavy atom. The second kappa shape index (κ2) is 10.7. The number of hydrogen-bond acceptors (Lipinski definition) is 5. The Morgan fingerprint density at radius 2 is 2.06 bits per heavy atom. The van der Waals surface area contributed by atoms with Crippen LogP contribution in [0.5, 0.6) is 0 Å². The second-order valence-electron chi connectivity index (χ2n) is 6.52. The van der Waals surface area contributed by atoms with Crippen LogP contribution >= 0.6 is 23.4 Å². The van der Waals surface area contributed by atoms with Gasteiger partial charge in [0, 0.05) is 30.8 Å². The van der Waals surface area contributed by atoms with E-state index in [1.165, 1.54) is 4.57 Å². The molecule has 164 valence electrons. The predicted molar refractivity (Wildman–Crippen MR) is 118 cm³/mol. The molecule has 1 amide bonds. The van der Waals surface area contributed by atoms with Crippen molar-refractivity contribution in [1.82, 2.24) is 9.55 Å². The number of hydrogen-bond donors (Lipinski definition) is 1. The average molecular weight is 468 g/mol. The minimum atomic E-state index is -0.744. The van der Waals surface area contributed by atoms with Crippen molar-refractivity contribution in [3.05, 3.63) is 63.4 Å². The van der Waals surface area contributed by atoms with Crippen LogP contribution in [0.15, 0.2) is 46.3 Å². The van der Waals surface area contributed by atoms with Gasteiger partial charge in [-0.3, -0.25) is 14.2 Å². The number of fused-ring (bicyclic) bond motifs is 1. The number of rotatable bonds is 9. The summed E-state index contributed by atoms with van der Waals surface area (Å²) in [6.45, 7) is 3.29. The quantitative estimate of drug-likeness (QED) is 0.285. The van der Waals surface area contributed by atoms with Crippen LogP contribution in [0.1, 0.15) is 13.3 Å². The molecule has 2 aromatic carbocycles. The highest BCUT2D eigenvalue weighted by Crippen LogP contribution is 2.22. The fourth-order valence-corrected chi connectivity index (χ4v) is 3.85. The van der Waals surface area contributed by atoms with E-state index in [0.29, 0.717) is 47.3 Å². The van der Waals surface area contributed by atoms with Crippen LogP contribution in [-0.4, -0.2) is 34.4 Å². The van der Waals surface area contributed by atoms with Crippen molar-refractivity contribution < 1.29 is 18.3 Å². The molecule has 0 saturated heterocycles. The molecule has 0 fully saturated rings. The number of carbonyl (C=O) groups is 1. The SMILES string of the molecule is CCOCCCn1c(SCC(=O)Nc2cc(F)ccc2F)nc2cc(Cl)ccc2c1=O. The first-order valence-corrected chi connectivity index (χ1v) is 10.9. The molecule has 0 saturated carbocycles. The molecule has 0 aliphatic heterocycles. The molecular weight excluding hydrogens is 448 g/mol. The van der Waals surface area contributed by atoms with Gasteiger partial charge in [0.2, 0.25) is 5.91 Å². The maximum Gasteiger partial charge on any atom is 0.262 e. The number of amides is 1. The summed E-state index contributed by atoms with van der Waals surface area (Å²) in [6, 6.07) is 7.60. The van der Waals surface area contributed by atoms with Gasteiger partial charge >= 0.3 is 0 Å². The lowest BCUT2D eigenvalue weighted by Crippen LogP contribution is -2.25. The van der Waals surface area contributed by atoms with Gasteiger partial charge in [-0.15, -0.1) is 0 Å². The number of nitrogens with zero attached hydrogens (tertiary/aromatic N) is 2. The molecule has 10 heteroatoms. The number of aromatic nitrogens is 2. The van der Waals surface area contributed by atoms with E-state index in [-0.39, 0.29) is 17.0 Å². The Morgan fingerprint density at radius 1 is 1.26 bits per heavy atom. The zero-order valence-corrected chi connectivity index (χ0v) is 18.2. The highest BCUT2D eigenvalue weighted by molar-refractivity contribution is 7.99. The lowest BCUT2D eigenvalue weighted by Gasteiger charge is -2.13. The largest absolute Gasteiger partial charge is 0.382 e.